The Hall–Kier alpha value is -0.630. The Morgan fingerprint density at radius 3 is 2.80 bits per heavy atom. The molecule has 0 spiro atoms. The Bertz CT molecular complexity index is 370. The number of nitrogens with zero attached hydrogens (tertiary/aromatic N) is 2. The number of hydrogen-bond acceptors (Lipinski definition) is 4. The van der Waals surface area contributed by atoms with Crippen molar-refractivity contribution < 1.29 is 4.74 Å². The lowest BCUT2D eigenvalue weighted by Gasteiger charge is -2.41. The molecule has 0 radical (unpaired) electrons. The first-order valence-corrected chi connectivity index (χ1v) is 8.21. The number of likely N-dealkylation sites (N-methyl/N-ethyl adjacent to an activating group) is 1. The zero-order valence-corrected chi connectivity index (χ0v) is 12.6. The Kier molecular flexibility index (Phi) is 4.30. The van der Waals surface area contributed by atoms with Gasteiger partial charge in [0.15, 0.2) is 0 Å². The fraction of sp³-hybridized carbons (Fsp3) is 0.938. The maximum atomic E-state index is 9.65. The maximum absolute atomic E-state index is 9.65. The third kappa shape index (κ3) is 3.33. The topological polar surface area (TPSA) is 48.3 Å². The molecule has 3 rings (SSSR count). The van der Waals surface area contributed by atoms with Gasteiger partial charge in [0.1, 0.15) is 5.54 Å². The van der Waals surface area contributed by atoms with Gasteiger partial charge < -0.3 is 9.64 Å². The van der Waals surface area contributed by atoms with Crippen LogP contribution >= 0.6 is 0 Å². The Labute approximate surface area is 122 Å². The number of nitriles is 1. The van der Waals surface area contributed by atoms with Crippen molar-refractivity contribution in [2.45, 2.75) is 75.1 Å². The van der Waals surface area contributed by atoms with Crippen LogP contribution in [0.1, 0.15) is 51.4 Å². The number of nitrogens with one attached hydrogen (secondary N) is 1. The van der Waals surface area contributed by atoms with Crippen LogP contribution in [0.2, 0.25) is 0 Å². The molecule has 0 aromatic heterocycles. The monoisotopic (exact) mass is 277 g/mol. The summed E-state index contributed by atoms with van der Waals surface area (Å²) in [4.78, 5) is 2.44. The smallest absolute Gasteiger partial charge is 0.108 e. The van der Waals surface area contributed by atoms with Gasteiger partial charge in [0.25, 0.3) is 0 Å². The van der Waals surface area contributed by atoms with Gasteiger partial charge in [0.05, 0.1) is 12.2 Å². The first-order valence-electron chi connectivity index (χ1n) is 8.21. The molecule has 3 atom stereocenters. The third-order valence-electron chi connectivity index (χ3n) is 5.14. The molecule has 0 bridgehead atoms. The normalized spacial score (nSPS) is 38.0. The minimum atomic E-state index is -0.269. The molecule has 0 aromatic rings. The van der Waals surface area contributed by atoms with Crippen LogP contribution in [0.5, 0.6) is 0 Å². The minimum absolute atomic E-state index is 0.269. The molecule has 112 valence electrons. The quantitative estimate of drug-likeness (QED) is 0.835. The van der Waals surface area contributed by atoms with E-state index in [0.717, 1.165) is 32.4 Å². The summed E-state index contributed by atoms with van der Waals surface area (Å²) in [6, 6.07) is 3.73. The van der Waals surface area contributed by atoms with E-state index in [1.54, 1.807) is 0 Å². The molecule has 1 aliphatic heterocycles. The second-order valence-corrected chi connectivity index (χ2v) is 6.94. The van der Waals surface area contributed by atoms with E-state index in [4.69, 9.17) is 4.74 Å². The molecule has 1 heterocycles. The lowest BCUT2D eigenvalue weighted by atomic mass is 9.79. The highest BCUT2D eigenvalue weighted by Gasteiger charge is 2.41. The molecule has 4 nitrogen and oxygen atoms in total. The minimum Gasteiger partial charge on any atom is -0.377 e. The average Bonchev–Trinajstić information content (AvgIpc) is 3.12. The number of rotatable bonds is 5. The van der Waals surface area contributed by atoms with Gasteiger partial charge >= 0.3 is 0 Å². The summed E-state index contributed by atoms with van der Waals surface area (Å²) in [6.45, 7) is 1.95. The predicted molar refractivity (Wildman–Crippen MR) is 78.4 cm³/mol. The van der Waals surface area contributed by atoms with Gasteiger partial charge in [0.2, 0.25) is 0 Å². The summed E-state index contributed by atoms with van der Waals surface area (Å²) in [6.07, 6.45) is 9.68. The zero-order valence-electron chi connectivity index (χ0n) is 12.6. The van der Waals surface area contributed by atoms with E-state index >= 15 is 0 Å². The van der Waals surface area contributed by atoms with Gasteiger partial charge in [-0.3, -0.25) is 5.32 Å². The van der Waals surface area contributed by atoms with Gasteiger partial charge in [0, 0.05) is 25.2 Å². The highest BCUT2D eigenvalue weighted by Crippen LogP contribution is 2.34. The van der Waals surface area contributed by atoms with Crippen LogP contribution in [0.25, 0.3) is 0 Å². The summed E-state index contributed by atoms with van der Waals surface area (Å²) in [5.41, 5.74) is -0.269. The van der Waals surface area contributed by atoms with E-state index < -0.39 is 0 Å². The first kappa shape index (κ1) is 14.3. The van der Waals surface area contributed by atoms with Crippen LogP contribution < -0.4 is 5.32 Å². The van der Waals surface area contributed by atoms with E-state index in [1.807, 2.05) is 0 Å². The Morgan fingerprint density at radius 1 is 1.30 bits per heavy atom. The molecule has 4 heteroatoms. The fourth-order valence-electron chi connectivity index (χ4n) is 3.76. The van der Waals surface area contributed by atoms with Crippen molar-refractivity contribution in [3.05, 3.63) is 0 Å². The largest absolute Gasteiger partial charge is 0.377 e. The van der Waals surface area contributed by atoms with Gasteiger partial charge in [-0.2, -0.15) is 5.26 Å². The predicted octanol–water partition coefficient (Wildman–Crippen LogP) is 2.05. The van der Waals surface area contributed by atoms with E-state index in [1.165, 1.54) is 32.1 Å². The third-order valence-corrected chi connectivity index (χ3v) is 5.14. The van der Waals surface area contributed by atoms with E-state index in [9.17, 15) is 5.26 Å². The summed E-state index contributed by atoms with van der Waals surface area (Å²) in [7, 11) is 2.21. The van der Waals surface area contributed by atoms with Crippen molar-refractivity contribution in [1.82, 2.24) is 10.2 Å². The highest BCUT2D eigenvalue weighted by atomic mass is 16.5. The van der Waals surface area contributed by atoms with Gasteiger partial charge in [-0.15, -0.1) is 0 Å². The summed E-state index contributed by atoms with van der Waals surface area (Å²) < 4.78 is 5.74. The van der Waals surface area contributed by atoms with Crippen LogP contribution in [0.4, 0.5) is 0 Å². The van der Waals surface area contributed by atoms with Crippen LogP contribution in [0.15, 0.2) is 0 Å². The molecule has 0 aromatic carbocycles. The Balaban J connectivity index is 1.56. The molecule has 3 fully saturated rings. The van der Waals surface area contributed by atoms with E-state index in [0.29, 0.717) is 18.2 Å². The average molecular weight is 277 g/mol. The summed E-state index contributed by atoms with van der Waals surface area (Å²) >= 11 is 0. The maximum Gasteiger partial charge on any atom is 0.108 e. The molecule has 20 heavy (non-hydrogen) atoms. The van der Waals surface area contributed by atoms with E-state index in [-0.39, 0.29) is 5.54 Å². The Morgan fingerprint density at radius 2 is 2.15 bits per heavy atom. The molecule has 3 unspecified atom stereocenters. The van der Waals surface area contributed by atoms with Crippen LogP contribution in [0, 0.1) is 11.3 Å². The molecular weight excluding hydrogens is 250 g/mol. The van der Waals surface area contributed by atoms with E-state index in [2.05, 4.69) is 23.3 Å². The molecule has 1 saturated heterocycles. The molecular formula is C16H27N3O. The molecule has 1 N–H and O–H groups in total. The highest BCUT2D eigenvalue weighted by molar-refractivity contribution is 5.13. The molecule has 0 amide bonds. The zero-order chi connectivity index (χ0) is 14.0. The van der Waals surface area contributed by atoms with Gasteiger partial charge in [-0.25, -0.2) is 0 Å². The van der Waals surface area contributed by atoms with Crippen molar-refractivity contribution in [3.8, 4) is 6.07 Å². The van der Waals surface area contributed by atoms with Gasteiger partial charge in [-0.1, -0.05) is 0 Å². The summed E-state index contributed by atoms with van der Waals surface area (Å²) in [5.74, 6) is 0. The number of ether oxygens (including phenoxy) is 1. The second kappa shape index (κ2) is 6.01. The standard InChI is InChI=1S/C16H27N3O/c1-19(11-15-5-3-9-20-15)14-4-2-8-16(10-14,12-17)18-13-6-7-13/h13-15,18H,2-11H2,1H3. The number of hydrogen-bond donors (Lipinski definition) is 1. The second-order valence-electron chi connectivity index (χ2n) is 6.94. The molecule has 2 aliphatic carbocycles. The van der Waals surface area contributed by atoms with Gasteiger partial charge in [-0.05, 0) is 58.4 Å². The van der Waals surface area contributed by atoms with Crippen molar-refractivity contribution in [3.63, 3.8) is 0 Å². The van der Waals surface area contributed by atoms with Crippen LogP contribution in [-0.2, 0) is 4.74 Å². The fourth-order valence-corrected chi connectivity index (χ4v) is 3.76. The molecule has 2 saturated carbocycles. The molecule has 3 aliphatic rings. The summed E-state index contributed by atoms with van der Waals surface area (Å²) in [5, 5.41) is 13.3. The van der Waals surface area contributed by atoms with Crippen molar-refractivity contribution >= 4 is 0 Å². The van der Waals surface area contributed by atoms with Crippen molar-refractivity contribution in [2.24, 2.45) is 0 Å². The van der Waals surface area contributed by atoms with Crippen molar-refractivity contribution in [1.29, 1.82) is 5.26 Å². The lowest BCUT2D eigenvalue weighted by Crippen LogP contribution is -2.53. The lowest BCUT2D eigenvalue weighted by molar-refractivity contribution is 0.0530. The SMILES string of the molecule is CN(CC1CCCO1)C1CCCC(C#N)(NC2CC2)C1. The van der Waals surface area contributed by atoms with Crippen molar-refractivity contribution in [2.75, 3.05) is 20.2 Å². The van der Waals surface area contributed by atoms with Crippen LogP contribution in [0.3, 0.4) is 0 Å². The first-order chi connectivity index (χ1) is 9.71. The van der Waals surface area contributed by atoms with Crippen LogP contribution in [-0.4, -0.2) is 48.8 Å².